The molecule has 3 aromatic carbocycles. The minimum absolute atomic E-state index is 0.145. The quantitative estimate of drug-likeness (QED) is 0.432. The van der Waals surface area contributed by atoms with Gasteiger partial charge in [0.25, 0.3) is 0 Å². The van der Waals surface area contributed by atoms with Gasteiger partial charge in [0.05, 0.1) is 24.2 Å². The fourth-order valence-electron chi connectivity index (χ4n) is 3.45. The summed E-state index contributed by atoms with van der Waals surface area (Å²) in [4.78, 5) is 12.3. The number of nitrogens with zero attached hydrogens (tertiary/aromatic N) is 2. The molecule has 1 amide bonds. The van der Waals surface area contributed by atoms with Gasteiger partial charge in [-0.2, -0.15) is 5.10 Å². The monoisotopic (exact) mass is 429 g/mol. The molecule has 0 aliphatic carbocycles. The van der Waals surface area contributed by atoms with E-state index in [0.29, 0.717) is 12.0 Å². The van der Waals surface area contributed by atoms with Gasteiger partial charge in [-0.3, -0.25) is 4.79 Å². The van der Waals surface area contributed by atoms with E-state index in [1.165, 1.54) is 6.07 Å². The summed E-state index contributed by atoms with van der Waals surface area (Å²) in [6.07, 6.45) is 0.744. The number of nitrogens with one attached hydrogen (secondary N) is 1. The van der Waals surface area contributed by atoms with Crippen LogP contribution in [-0.2, 0) is 17.8 Å². The number of carbonyl (C=O) groups excluding carboxylic acids is 1. The third kappa shape index (κ3) is 5.03. The van der Waals surface area contributed by atoms with E-state index in [-0.39, 0.29) is 24.7 Å². The summed E-state index contributed by atoms with van der Waals surface area (Å²) in [5.74, 6) is 0.306. The number of ether oxygens (including phenoxy) is 1. The smallest absolute Gasteiger partial charge is 0.220 e. The summed E-state index contributed by atoms with van der Waals surface area (Å²) >= 11 is 0. The molecule has 0 fully saturated rings. The van der Waals surface area contributed by atoms with Gasteiger partial charge in [-0.25, -0.2) is 9.07 Å². The molecule has 0 saturated carbocycles. The van der Waals surface area contributed by atoms with Gasteiger partial charge in [-0.1, -0.05) is 48.5 Å². The second kappa shape index (κ2) is 9.92. The van der Waals surface area contributed by atoms with Crippen molar-refractivity contribution in [2.45, 2.75) is 19.4 Å². The van der Waals surface area contributed by atoms with Crippen molar-refractivity contribution >= 4 is 5.91 Å². The molecule has 1 N–H and O–H groups in total. The molecule has 0 saturated heterocycles. The maximum Gasteiger partial charge on any atom is 0.220 e. The predicted molar refractivity (Wildman–Crippen MR) is 122 cm³/mol. The second-order valence-corrected chi connectivity index (χ2v) is 7.36. The number of aryl methyl sites for hydroxylation is 1. The Morgan fingerprint density at radius 3 is 2.44 bits per heavy atom. The van der Waals surface area contributed by atoms with E-state index in [1.807, 2.05) is 65.3 Å². The highest BCUT2D eigenvalue weighted by atomic mass is 19.1. The minimum Gasteiger partial charge on any atom is -0.497 e. The zero-order valence-electron chi connectivity index (χ0n) is 17.8. The zero-order chi connectivity index (χ0) is 22.3. The van der Waals surface area contributed by atoms with Crippen LogP contribution in [-0.4, -0.2) is 22.8 Å². The third-order valence-electron chi connectivity index (χ3n) is 5.19. The maximum absolute atomic E-state index is 13.7. The van der Waals surface area contributed by atoms with E-state index in [9.17, 15) is 9.18 Å². The van der Waals surface area contributed by atoms with Crippen molar-refractivity contribution in [3.63, 3.8) is 0 Å². The molecule has 32 heavy (non-hydrogen) atoms. The van der Waals surface area contributed by atoms with Gasteiger partial charge in [0.2, 0.25) is 5.91 Å². The number of hydrogen-bond acceptors (Lipinski definition) is 3. The Bertz CT molecular complexity index is 1190. The Balaban J connectivity index is 1.49. The topological polar surface area (TPSA) is 56.2 Å². The van der Waals surface area contributed by atoms with E-state index < -0.39 is 0 Å². The van der Waals surface area contributed by atoms with Crippen molar-refractivity contribution in [2.24, 2.45) is 0 Å². The molecular weight excluding hydrogens is 405 g/mol. The van der Waals surface area contributed by atoms with Crippen LogP contribution in [0.1, 0.15) is 17.7 Å². The SMILES string of the molecule is COc1ccc(-n2nc(CCC(=O)NCc3ccccc3F)cc2-c2ccccc2)cc1. The molecule has 0 atom stereocenters. The lowest BCUT2D eigenvalue weighted by Gasteiger charge is -2.08. The Morgan fingerprint density at radius 2 is 1.72 bits per heavy atom. The first-order chi connectivity index (χ1) is 15.6. The van der Waals surface area contributed by atoms with Crippen LogP contribution in [0.15, 0.2) is 84.9 Å². The van der Waals surface area contributed by atoms with Gasteiger partial charge >= 0.3 is 0 Å². The highest BCUT2D eigenvalue weighted by molar-refractivity contribution is 5.76. The molecule has 0 aliphatic heterocycles. The lowest BCUT2D eigenvalue weighted by Crippen LogP contribution is -2.23. The van der Waals surface area contributed by atoms with Gasteiger partial charge in [0, 0.05) is 30.5 Å². The van der Waals surface area contributed by atoms with Gasteiger partial charge in [0.15, 0.2) is 0 Å². The minimum atomic E-state index is -0.321. The highest BCUT2D eigenvalue weighted by Gasteiger charge is 2.13. The predicted octanol–water partition coefficient (Wildman–Crippen LogP) is 4.94. The number of carbonyl (C=O) groups is 1. The number of halogens is 1. The average molecular weight is 429 g/mol. The number of rotatable bonds is 8. The molecule has 4 aromatic rings. The van der Waals surface area contributed by atoms with Gasteiger partial charge in [-0.15, -0.1) is 0 Å². The van der Waals surface area contributed by atoms with Gasteiger partial charge in [0.1, 0.15) is 11.6 Å². The maximum atomic E-state index is 13.7. The lowest BCUT2D eigenvalue weighted by molar-refractivity contribution is -0.121. The molecule has 1 aromatic heterocycles. The molecule has 0 unspecified atom stereocenters. The van der Waals surface area contributed by atoms with Crippen LogP contribution in [0.3, 0.4) is 0 Å². The van der Waals surface area contributed by atoms with Crippen LogP contribution in [0.2, 0.25) is 0 Å². The van der Waals surface area contributed by atoms with Crippen molar-refractivity contribution in [1.82, 2.24) is 15.1 Å². The van der Waals surface area contributed by atoms with Crippen LogP contribution in [0.25, 0.3) is 16.9 Å². The van der Waals surface area contributed by atoms with Crippen molar-refractivity contribution in [2.75, 3.05) is 7.11 Å². The molecule has 0 bridgehead atoms. The lowest BCUT2D eigenvalue weighted by atomic mass is 10.1. The van der Waals surface area contributed by atoms with E-state index >= 15 is 0 Å². The molecule has 1 heterocycles. The third-order valence-corrected chi connectivity index (χ3v) is 5.19. The van der Waals surface area contributed by atoms with Gasteiger partial charge < -0.3 is 10.1 Å². The zero-order valence-corrected chi connectivity index (χ0v) is 17.8. The summed E-state index contributed by atoms with van der Waals surface area (Å²) < 4.78 is 20.9. The fourth-order valence-corrected chi connectivity index (χ4v) is 3.45. The molecule has 4 rings (SSSR count). The van der Waals surface area contributed by atoms with Gasteiger partial charge in [-0.05, 0) is 36.4 Å². The van der Waals surface area contributed by atoms with Crippen molar-refractivity contribution in [3.05, 3.63) is 102 Å². The normalized spacial score (nSPS) is 10.7. The largest absolute Gasteiger partial charge is 0.497 e. The van der Waals surface area contributed by atoms with Crippen molar-refractivity contribution in [3.8, 4) is 22.7 Å². The fraction of sp³-hybridized carbons (Fsp3) is 0.154. The van der Waals surface area contributed by atoms with E-state index in [4.69, 9.17) is 9.84 Å². The summed E-state index contributed by atoms with van der Waals surface area (Å²) in [6.45, 7) is 0.168. The number of amides is 1. The molecule has 5 nitrogen and oxygen atoms in total. The number of aromatic nitrogens is 2. The van der Waals surface area contributed by atoms with Crippen LogP contribution in [0, 0.1) is 5.82 Å². The molecule has 0 radical (unpaired) electrons. The van der Waals surface area contributed by atoms with Crippen LogP contribution in [0.4, 0.5) is 4.39 Å². The Labute approximate surface area is 186 Å². The number of benzene rings is 3. The molecule has 0 aliphatic rings. The summed E-state index contributed by atoms with van der Waals surface area (Å²) in [5.41, 5.74) is 4.15. The standard InChI is InChI=1S/C26H24FN3O2/c1-32-23-14-12-22(13-15-23)30-25(19-7-3-2-4-8-19)17-21(29-30)11-16-26(31)28-18-20-9-5-6-10-24(20)27/h2-10,12-15,17H,11,16,18H2,1H3,(H,28,31). The summed E-state index contributed by atoms with van der Waals surface area (Å²) in [6, 6.07) is 26.1. The van der Waals surface area contributed by atoms with Crippen molar-refractivity contribution < 1.29 is 13.9 Å². The Hall–Kier alpha value is -3.93. The number of hydrogen-bond donors (Lipinski definition) is 1. The van der Waals surface area contributed by atoms with E-state index in [1.54, 1.807) is 25.3 Å². The van der Waals surface area contributed by atoms with E-state index in [2.05, 4.69) is 5.32 Å². The van der Waals surface area contributed by atoms with Crippen LogP contribution >= 0.6 is 0 Å². The Kier molecular flexibility index (Phi) is 6.60. The molecule has 162 valence electrons. The molecular formula is C26H24FN3O2. The second-order valence-electron chi connectivity index (χ2n) is 7.36. The first kappa shape index (κ1) is 21.3. The first-order valence-electron chi connectivity index (χ1n) is 10.4. The van der Waals surface area contributed by atoms with E-state index in [0.717, 1.165) is 28.4 Å². The highest BCUT2D eigenvalue weighted by Crippen LogP contribution is 2.25. The van der Waals surface area contributed by atoms with Crippen LogP contribution in [0.5, 0.6) is 5.75 Å². The first-order valence-corrected chi connectivity index (χ1v) is 10.4. The number of methoxy groups -OCH3 is 1. The summed E-state index contributed by atoms with van der Waals surface area (Å²) in [5, 5.41) is 7.53. The molecule has 0 spiro atoms. The Morgan fingerprint density at radius 1 is 1.00 bits per heavy atom. The van der Waals surface area contributed by atoms with Crippen LogP contribution < -0.4 is 10.1 Å². The average Bonchev–Trinajstić information content (AvgIpc) is 3.27. The summed E-state index contributed by atoms with van der Waals surface area (Å²) in [7, 11) is 1.63. The van der Waals surface area contributed by atoms with Crippen molar-refractivity contribution in [1.29, 1.82) is 0 Å². The molecule has 6 heteroatoms.